The van der Waals surface area contributed by atoms with Crippen LogP contribution in [0.2, 0.25) is 15.1 Å². The van der Waals surface area contributed by atoms with Gasteiger partial charge in [-0.15, -0.1) is 0 Å². The summed E-state index contributed by atoms with van der Waals surface area (Å²) < 4.78 is 0. The fraction of sp³-hybridized carbons (Fsp3) is 0.417. The number of anilines is 1. The average molecular weight is 324 g/mol. The Morgan fingerprint density at radius 2 is 2.11 bits per heavy atom. The van der Waals surface area contributed by atoms with Crippen molar-refractivity contribution in [2.24, 2.45) is 0 Å². The van der Waals surface area contributed by atoms with Gasteiger partial charge in [-0.3, -0.25) is 9.69 Å². The number of carbonyl (C=O) groups is 1. The zero-order chi connectivity index (χ0) is 14.2. The normalized spacial score (nSPS) is 19.7. The van der Waals surface area contributed by atoms with E-state index in [0.717, 1.165) is 19.4 Å². The third-order valence-electron chi connectivity index (χ3n) is 3.22. The minimum Gasteiger partial charge on any atom is -0.504 e. The Kier molecular flexibility index (Phi) is 4.46. The van der Waals surface area contributed by atoms with Gasteiger partial charge in [0.25, 0.3) is 0 Å². The van der Waals surface area contributed by atoms with E-state index in [1.54, 1.807) is 0 Å². The summed E-state index contributed by atoms with van der Waals surface area (Å²) in [6.07, 6.45) is 1.74. The van der Waals surface area contributed by atoms with Gasteiger partial charge in [0.2, 0.25) is 5.91 Å². The van der Waals surface area contributed by atoms with Gasteiger partial charge in [-0.1, -0.05) is 34.8 Å². The van der Waals surface area contributed by atoms with Crippen molar-refractivity contribution < 1.29 is 9.90 Å². The van der Waals surface area contributed by atoms with Crippen LogP contribution in [-0.4, -0.2) is 35.5 Å². The molecule has 0 radical (unpaired) electrons. The molecule has 104 valence electrons. The highest BCUT2D eigenvalue weighted by atomic mass is 35.5. The zero-order valence-electron chi connectivity index (χ0n) is 10.2. The van der Waals surface area contributed by atoms with Gasteiger partial charge in [-0.2, -0.15) is 0 Å². The van der Waals surface area contributed by atoms with Gasteiger partial charge in [0.15, 0.2) is 5.75 Å². The molecular formula is C12H13Cl3N2O2. The number of nitrogens with one attached hydrogen (secondary N) is 1. The molecular weight excluding hydrogens is 311 g/mol. The van der Waals surface area contributed by atoms with Gasteiger partial charge in [0, 0.05) is 0 Å². The molecule has 1 aromatic carbocycles. The summed E-state index contributed by atoms with van der Waals surface area (Å²) >= 11 is 17.7. The predicted octanol–water partition coefficient (Wildman–Crippen LogP) is 3.39. The number of nitrogens with zero attached hydrogens (tertiary/aromatic N) is 1. The van der Waals surface area contributed by atoms with E-state index in [-0.39, 0.29) is 38.5 Å². The Hall–Kier alpha value is -0.680. The lowest BCUT2D eigenvalue weighted by Gasteiger charge is -2.20. The van der Waals surface area contributed by atoms with Crippen LogP contribution in [0.25, 0.3) is 0 Å². The summed E-state index contributed by atoms with van der Waals surface area (Å²) in [5.41, 5.74) is 0.0597. The van der Waals surface area contributed by atoms with E-state index in [1.165, 1.54) is 6.07 Å². The summed E-state index contributed by atoms with van der Waals surface area (Å²) in [5, 5.41) is 12.8. The highest BCUT2D eigenvalue weighted by molar-refractivity contribution is 6.46. The number of carbonyl (C=O) groups excluding carboxylic acids is 1. The largest absolute Gasteiger partial charge is 0.504 e. The highest BCUT2D eigenvalue weighted by Gasteiger charge is 2.29. The van der Waals surface area contributed by atoms with Crippen molar-refractivity contribution in [3.8, 4) is 5.75 Å². The van der Waals surface area contributed by atoms with Crippen molar-refractivity contribution in [3.63, 3.8) is 0 Å². The fourth-order valence-electron chi connectivity index (χ4n) is 2.15. The summed E-state index contributed by atoms with van der Waals surface area (Å²) in [6.45, 7) is 0.869. The molecule has 1 atom stereocenters. The SMILES string of the molecule is CN1CCC[C@H]1C(=O)Nc1c(O)c(Cl)cc(Cl)c1Cl. The molecule has 7 heteroatoms. The Labute approximate surface area is 126 Å². The molecule has 1 heterocycles. The summed E-state index contributed by atoms with van der Waals surface area (Å²) in [4.78, 5) is 14.1. The molecule has 1 aromatic rings. The molecule has 1 amide bonds. The molecule has 1 aliphatic rings. The number of hydrogen-bond acceptors (Lipinski definition) is 3. The Morgan fingerprint density at radius 1 is 1.42 bits per heavy atom. The third-order valence-corrected chi connectivity index (χ3v) is 4.29. The van der Waals surface area contributed by atoms with Crippen molar-refractivity contribution >= 4 is 46.4 Å². The maximum absolute atomic E-state index is 12.1. The van der Waals surface area contributed by atoms with E-state index in [9.17, 15) is 9.90 Å². The van der Waals surface area contributed by atoms with Crippen LogP contribution in [0.15, 0.2) is 6.07 Å². The first kappa shape index (κ1) is 14.7. The van der Waals surface area contributed by atoms with Crippen molar-refractivity contribution in [1.82, 2.24) is 4.90 Å². The molecule has 1 fully saturated rings. The van der Waals surface area contributed by atoms with Crippen LogP contribution in [0, 0.1) is 0 Å². The van der Waals surface area contributed by atoms with Crippen LogP contribution < -0.4 is 5.32 Å². The van der Waals surface area contributed by atoms with Crippen LogP contribution in [-0.2, 0) is 4.79 Å². The van der Waals surface area contributed by atoms with Crippen molar-refractivity contribution in [2.45, 2.75) is 18.9 Å². The Bertz CT molecular complexity index is 496. The van der Waals surface area contributed by atoms with Gasteiger partial charge in [0.1, 0.15) is 5.69 Å². The molecule has 0 saturated carbocycles. The monoisotopic (exact) mass is 322 g/mol. The molecule has 0 unspecified atom stereocenters. The number of aromatic hydroxyl groups is 1. The molecule has 0 aliphatic carbocycles. The first-order valence-corrected chi connectivity index (χ1v) is 6.92. The third kappa shape index (κ3) is 2.92. The maximum atomic E-state index is 12.1. The lowest BCUT2D eigenvalue weighted by Crippen LogP contribution is -2.37. The highest BCUT2D eigenvalue weighted by Crippen LogP contribution is 2.42. The number of phenols is 1. The number of benzene rings is 1. The molecule has 0 spiro atoms. The molecule has 4 nitrogen and oxygen atoms in total. The first-order valence-electron chi connectivity index (χ1n) is 5.79. The second-order valence-electron chi connectivity index (χ2n) is 4.51. The van der Waals surface area contributed by atoms with Crippen LogP contribution >= 0.6 is 34.8 Å². The van der Waals surface area contributed by atoms with E-state index in [2.05, 4.69) is 5.32 Å². The number of amides is 1. The van der Waals surface area contributed by atoms with Crippen molar-refractivity contribution in [1.29, 1.82) is 0 Å². The summed E-state index contributed by atoms with van der Waals surface area (Å²) in [6, 6.07) is 1.10. The number of hydrogen-bond donors (Lipinski definition) is 2. The minimum atomic E-state index is -0.273. The summed E-state index contributed by atoms with van der Waals surface area (Å²) in [5.74, 6) is -0.499. The number of likely N-dealkylation sites (N-methyl/N-ethyl adjacent to an activating group) is 1. The molecule has 2 N–H and O–H groups in total. The van der Waals surface area contributed by atoms with Crippen molar-refractivity contribution in [2.75, 3.05) is 18.9 Å². The van der Waals surface area contributed by atoms with E-state index in [0.29, 0.717) is 0 Å². The van der Waals surface area contributed by atoms with E-state index in [4.69, 9.17) is 34.8 Å². The van der Waals surface area contributed by atoms with E-state index >= 15 is 0 Å². The number of phenolic OH excluding ortho intramolecular Hbond substituents is 1. The number of rotatable bonds is 2. The van der Waals surface area contributed by atoms with Gasteiger partial charge < -0.3 is 10.4 Å². The minimum absolute atomic E-state index is 0.0458. The smallest absolute Gasteiger partial charge is 0.241 e. The van der Waals surface area contributed by atoms with Crippen molar-refractivity contribution in [3.05, 3.63) is 21.1 Å². The van der Waals surface area contributed by atoms with Crippen LogP contribution in [0.3, 0.4) is 0 Å². The van der Waals surface area contributed by atoms with Gasteiger partial charge >= 0.3 is 0 Å². The topological polar surface area (TPSA) is 52.6 Å². The molecule has 0 bridgehead atoms. The quantitative estimate of drug-likeness (QED) is 0.648. The molecule has 1 saturated heterocycles. The molecule has 0 aromatic heterocycles. The molecule has 19 heavy (non-hydrogen) atoms. The molecule has 1 aliphatic heterocycles. The second-order valence-corrected chi connectivity index (χ2v) is 5.70. The maximum Gasteiger partial charge on any atom is 0.241 e. The van der Waals surface area contributed by atoms with Crippen LogP contribution in [0.1, 0.15) is 12.8 Å². The standard InChI is InChI=1S/C12H13Cl3N2O2/c1-17-4-2-3-8(17)12(19)16-10-9(15)6(13)5-7(14)11(10)18/h5,8,18H,2-4H2,1H3,(H,16,19)/t8-/m0/s1. The van der Waals surface area contributed by atoms with E-state index < -0.39 is 0 Å². The Morgan fingerprint density at radius 3 is 2.68 bits per heavy atom. The second kappa shape index (κ2) is 5.75. The average Bonchev–Trinajstić information content (AvgIpc) is 2.78. The molecule has 2 rings (SSSR count). The summed E-state index contributed by atoms with van der Waals surface area (Å²) in [7, 11) is 1.88. The Balaban J connectivity index is 2.26. The predicted molar refractivity (Wildman–Crippen MR) is 77.4 cm³/mol. The van der Waals surface area contributed by atoms with E-state index in [1.807, 2.05) is 11.9 Å². The van der Waals surface area contributed by atoms with Gasteiger partial charge in [0.05, 0.1) is 21.1 Å². The van der Waals surface area contributed by atoms with Gasteiger partial charge in [-0.05, 0) is 32.5 Å². The first-order chi connectivity index (χ1) is 8.91. The van der Waals surface area contributed by atoms with Crippen LogP contribution in [0.4, 0.5) is 5.69 Å². The van der Waals surface area contributed by atoms with Crippen LogP contribution in [0.5, 0.6) is 5.75 Å². The fourth-order valence-corrected chi connectivity index (χ4v) is 2.80. The van der Waals surface area contributed by atoms with Gasteiger partial charge in [-0.25, -0.2) is 0 Å². The number of halogens is 3. The number of likely N-dealkylation sites (tertiary alicyclic amines) is 1. The lowest BCUT2D eigenvalue weighted by atomic mass is 10.2. The lowest BCUT2D eigenvalue weighted by molar-refractivity contribution is -0.119. The zero-order valence-corrected chi connectivity index (χ0v) is 12.5.